The van der Waals surface area contributed by atoms with Gasteiger partial charge >= 0.3 is 0 Å². The summed E-state index contributed by atoms with van der Waals surface area (Å²) in [5.41, 5.74) is 0. The number of nitrogens with zero attached hydrogens (tertiary/aromatic N) is 2. The molecule has 1 saturated carbocycles. The van der Waals surface area contributed by atoms with Crippen LogP contribution in [0.3, 0.4) is 0 Å². The summed E-state index contributed by atoms with van der Waals surface area (Å²) in [5.74, 6) is 1.05. The monoisotopic (exact) mass is 339 g/mol. The lowest BCUT2D eigenvalue weighted by Gasteiger charge is -2.20. The average molecular weight is 339 g/mol. The van der Waals surface area contributed by atoms with Crippen LogP contribution >= 0.6 is 0 Å². The zero-order valence-electron chi connectivity index (χ0n) is 13.4. The number of carbonyl (C=O) groups is 1. The average Bonchev–Trinajstić information content (AvgIpc) is 3.04. The summed E-state index contributed by atoms with van der Waals surface area (Å²) in [4.78, 5) is 12.6. The van der Waals surface area contributed by atoms with Crippen molar-refractivity contribution in [3.63, 3.8) is 0 Å². The summed E-state index contributed by atoms with van der Waals surface area (Å²) in [7, 11) is -2.97. The lowest BCUT2D eigenvalue weighted by atomic mass is 9.90. The molecule has 6 nitrogen and oxygen atoms in total. The highest BCUT2D eigenvalue weighted by molar-refractivity contribution is 7.91. The summed E-state index contributed by atoms with van der Waals surface area (Å²) in [5, 5.41) is 7.21. The fraction of sp³-hybridized carbons (Fsp3) is 0.750. The maximum atomic E-state index is 12.6. The lowest BCUT2D eigenvalue weighted by molar-refractivity contribution is -0.120. The Kier molecular flexibility index (Phi) is 5.04. The molecule has 1 aliphatic carbocycles. The van der Waals surface area contributed by atoms with Gasteiger partial charge in [0.15, 0.2) is 9.84 Å². The molecule has 1 atom stereocenters. The molecular weight excluding hydrogens is 314 g/mol. The number of carbonyl (C=O) groups excluding carboxylic acids is 1. The normalized spacial score (nSPS) is 25.7. The first-order chi connectivity index (χ1) is 11.1. The van der Waals surface area contributed by atoms with Gasteiger partial charge in [-0.05, 0) is 19.3 Å². The second-order valence-corrected chi connectivity index (χ2v) is 8.98. The van der Waals surface area contributed by atoms with Crippen molar-refractivity contribution in [1.82, 2.24) is 9.78 Å². The van der Waals surface area contributed by atoms with Gasteiger partial charge in [-0.3, -0.25) is 4.79 Å². The summed E-state index contributed by atoms with van der Waals surface area (Å²) in [6, 6.07) is 1.59. The van der Waals surface area contributed by atoms with Gasteiger partial charge in [0, 0.05) is 12.0 Å². The van der Waals surface area contributed by atoms with E-state index in [-0.39, 0.29) is 29.4 Å². The molecular formula is C16H25N3O3S. The molecule has 7 heteroatoms. The van der Waals surface area contributed by atoms with Gasteiger partial charge in [-0.15, -0.1) is 0 Å². The van der Waals surface area contributed by atoms with Crippen LogP contribution in [-0.2, 0) is 14.6 Å². The van der Waals surface area contributed by atoms with E-state index in [1.165, 1.54) is 19.3 Å². The summed E-state index contributed by atoms with van der Waals surface area (Å²) in [6.45, 7) is 0. The molecule has 0 bridgehead atoms. The molecule has 1 aromatic rings. The van der Waals surface area contributed by atoms with Crippen LogP contribution in [0.4, 0.5) is 5.82 Å². The van der Waals surface area contributed by atoms with Crippen molar-refractivity contribution in [3.05, 3.63) is 12.3 Å². The van der Waals surface area contributed by atoms with Crippen LogP contribution in [0.15, 0.2) is 12.3 Å². The van der Waals surface area contributed by atoms with Crippen molar-refractivity contribution in [3.8, 4) is 0 Å². The Morgan fingerprint density at radius 1 is 1.13 bits per heavy atom. The zero-order valence-corrected chi connectivity index (χ0v) is 14.2. The van der Waals surface area contributed by atoms with Crippen LogP contribution in [0.2, 0.25) is 0 Å². The SMILES string of the molecule is O=C(Nc1ccnn1C1CCS(=O)(=O)C1)C1CCCCCCC1. The lowest BCUT2D eigenvalue weighted by Crippen LogP contribution is -2.26. The molecule has 1 aromatic heterocycles. The van der Waals surface area contributed by atoms with Gasteiger partial charge in [0.25, 0.3) is 0 Å². The molecule has 0 spiro atoms. The molecule has 1 saturated heterocycles. The maximum absolute atomic E-state index is 12.6. The Hall–Kier alpha value is -1.37. The quantitative estimate of drug-likeness (QED) is 0.917. The number of amides is 1. The Morgan fingerprint density at radius 2 is 1.83 bits per heavy atom. The second-order valence-electron chi connectivity index (χ2n) is 6.75. The van der Waals surface area contributed by atoms with E-state index in [4.69, 9.17) is 0 Å². The Bertz CT molecular complexity index is 645. The third-order valence-corrected chi connectivity index (χ3v) is 6.70. The largest absolute Gasteiger partial charge is 0.311 e. The highest BCUT2D eigenvalue weighted by Crippen LogP contribution is 2.27. The van der Waals surface area contributed by atoms with Crippen LogP contribution in [0.5, 0.6) is 0 Å². The van der Waals surface area contributed by atoms with Crippen molar-refractivity contribution in [2.75, 3.05) is 16.8 Å². The fourth-order valence-electron chi connectivity index (χ4n) is 3.62. The molecule has 0 radical (unpaired) electrons. The number of rotatable bonds is 3. The molecule has 128 valence electrons. The molecule has 2 aliphatic rings. The third-order valence-electron chi connectivity index (χ3n) is 4.95. The predicted molar refractivity (Wildman–Crippen MR) is 89.0 cm³/mol. The molecule has 1 unspecified atom stereocenters. The van der Waals surface area contributed by atoms with E-state index in [1.54, 1.807) is 16.9 Å². The van der Waals surface area contributed by atoms with Crippen molar-refractivity contribution in [1.29, 1.82) is 0 Å². The predicted octanol–water partition coefficient (Wildman–Crippen LogP) is 2.54. The zero-order chi connectivity index (χ0) is 16.3. The molecule has 1 amide bonds. The van der Waals surface area contributed by atoms with E-state index in [1.807, 2.05) is 0 Å². The van der Waals surface area contributed by atoms with Crippen LogP contribution in [0, 0.1) is 5.92 Å². The van der Waals surface area contributed by atoms with Gasteiger partial charge in [-0.25, -0.2) is 13.1 Å². The topological polar surface area (TPSA) is 81.1 Å². The molecule has 1 aliphatic heterocycles. The maximum Gasteiger partial charge on any atom is 0.228 e. The van der Waals surface area contributed by atoms with E-state index in [2.05, 4.69) is 10.4 Å². The number of nitrogens with one attached hydrogen (secondary N) is 1. The van der Waals surface area contributed by atoms with Crippen molar-refractivity contribution >= 4 is 21.6 Å². The smallest absolute Gasteiger partial charge is 0.228 e. The summed E-state index contributed by atoms with van der Waals surface area (Å²) >= 11 is 0. The van der Waals surface area contributed by atoms with Gasteiger partial charge in [0.1, 0.15) is 5.82 Å². The van der Waals surface area contributed by atoms with E-state index >= 15 is 0 Å². The van der Waals surface area contributed by atoms with Crippen LogP contribution in [0.1, 0.15) is 57.4 Å². The first kappa shape index (κ1) is 16.5. The highest BCUT2D eigenvalue weighted by atomic mass is 32.2. The van der Waals surface area contributed by atoms with Gasteiger partial charge in [-0.2, -0.15) is 5.10 Å². The van der Waals surface area contributed by atoms with E-state index in [9.17, 15) is 13.2 Å². The van der Waals surface area contributed by atoms with Gasteiger partial charge in [-0.1, -0.05) is 32.1 Å². The second kappa shape index (κ2) is 7.03. The van der Waals surface area contributed by atoms with Gasteiger partial charge < -0.3 is 5.32 Å². The number of sulfone groups is 1. The Labute approximate surface area is 137 Å². The van der Waals surface area contributed by atoms with Gasteiger partial charge in [0.05, 0.1) is 23.7 Å². The molecule has 2 fully saturated rings. The minimum atomic E-state index is -2.97. The highest BCUT2D eigenvalue weighted by Gasteiger charge is 2.31. The first-order valence-electron chi connectivity index (χ1n) is 8.60. The summed E-state index contributed by atoms with van der Waals surface area (Å²) < 4.78 is 25.0. The van der Waals surface area contributed by atoms with Crippen molar-refractivity contribution in [2.45, 2.75) is 57.4 Å². The van der Waals surface area contributed by atoms with Crippen LogP contribution < -0.4 is 5.32 Å². The molecule has 2 heterocycles. The first-order valence-corrected chi connectivity index (χ1v) is 10.4. The van der Waals surface area contributed by atoms with Crippen molar-refractivity contribution < 1.29 is 13.2 Å². The molecule has 3 rings (SSSR count). The van der Waals surface area contributed by atoms with E-state index in [0.717, 1.165) is 25.7 Å². The number of anilines is 1. The van der Waals surface area contributed by atoms with E-state index < -0.39 is 9.84 Å². The van der Waals surface area contributed by atoms with E-state index in [0.29, 0.717) is 12.2 Å². The fourth-order valence-corrected chi connectivity index (χ4v) is 5.31. The standard InChI is InChI=1S/C16H25N3O3S/c20-16(13-6-4-2-1-3-5-7-13)18-15-8-10-17-19(15)14-9-11-23(21,22)12-14/h8,10,13-14H,1-7,9,11-12H2,(H,18,20). The van der Waals surface area contributed by atoms with Crippen molar-refractivity contribution in [2.24, 2.45) is 5.92 Å². The number of hydrogen-bond acceptors (Lipinski definition) is 4. The number of aromatic nitrogens is 2. The minimum absolute atomic E-state index is 0.0505. The summed E-state index contributed by atoms with van der Waals surface area (Å²) in [6.07, 6.45) is 9.99. The molecule has 0 aromatic carbocycles. The third kappa shape index (κ3) is 4.13. The number of hydrogen-bond donors (Lipinski definition) is 1. The van der Waals surface area contributed by atoms with Crippen LogP contribution in [-0.4, -0.2) is 35.6 Å². The Balaban J connectivity index is 1.66. The van der Waals surface area contributed by atoms with Crippen LogP contribution in [0.25, 0.3) is 0 Å². The molecule has 1 N–H and O–H groups in total. The molecule has 23 heavy (non-hydrogen) atoms. The minimum Gasteiger partial charge on any atom is -0.311 e. The van der Waals surface area contributed by atoms with Gasteiger partial charge in [0.2, 0.25) is 5.91 Å². The Morgan fingerprint density at radius 3 is 2.48 bits per heavy atom.